The molecular weight excluding hydrogens is 367 g/mol. The van der Waals surface area contributed by atoms with E-state index in [1.807, 2.05) is 18.2 Å². The topological polar surface area (TPSA) is 73.1 Å². The van der Waals surface area contributed by atoms with Gasteiger partial charge >= 0.3 is 0 Å². The molecule has 0 spiro atoms. The van der Waals surface area contributed by atoms with E-state index in [1.54, 1.807) is 0 Å². The van der Waals surface area contributed by atoms with Gasteiger partial charge in [0.05, 0.1) is 17.8 Å². The number of benzene rings is 1. The van der Waals surface area contributed by atoms with Crippen LogP contribution in [0.3, 0.4) is 0 Å². The Morgan fingerprint density at radius 3 is 2.83 bits per heavy atom. The van der Waals surface area contributed by atoms with E-state index in [1.165, 1.54) is 13.4 Å². The van der Waals surface area contributed by atoms with Crippen molar-refractivity contribution in [1.82, 2.24) is 9.97 Å². The fraction of sp³-hybridized carbons (Fsp3) is 0.0909. The van der Waals surface area contributed by atoms with Gasteiger partial charge in [-0.05, 0) is 40.8 Å². The monoisotopic (exact) mass is 376 g/mol. The Labute approximate surface area is 123 Å². The summed E-state index contributed by atoms with van der Waals surface area (Å²) in [7, 11) is 1.51. The minimum Gasteiger partial charge on any atom is -0.490 e. The highest BCUT2D eigenvalue weighted by Gasteiger charge is 2.11. The number of ether oxygens (including phenoxy) is 1. The highest BCUT2D eigenvalue weighted by atomic mass is 127. The third-order valence-corrected chi connectivity index (χ3v) is 3.20. The van der Waals surface area contributed by atoms with Crippen molar-refractivity contribution in [2.45, 2.75) is 0 Å². The van der Waals surface area contributed by atoms with Crippen LogP contribution >= 0.6 is 34.2 Å². The number of halogens is 2. The average molecular weight is 377 g/mol. The Balaban J connectivity index is 2.37. The number of anilines is 3. The van der Waals surface area contributed by atoms with Gasteiger partial charge in [0.25, 0.3) is 0 Å². The number of rotatable bonds is 3. The number of nitrogens with zero attached hydrogens (tertiary/aromatic N) is 2. The Kier molecular flexibility index (Phi) is 4.07. The average Bonchev–Trinajstić information content (AvgIpc) is 2.33. The van der Waals surface area contributed by atoms with Gasteiger partial charge in [-0.1, -0.05) is 11.6 Å². The number of hydrogen-bond acceptors (Lipinski definition) is 5. The molecule has 0 aliphatic heterocycles. The van der Waals surface area contributed by atoms with Crippen molar-refractivity contribution < 1.29 is 4.74 Å². The van der Waals surface area contributed by atoms with Crippen LogP contribution in [-0.4, -0.2) is 17.1 Å². The standard InChI is InChI=1S/C11H10ClIN4O/c1-18-9-10(14)15-5-16-11(9)17-8-3-2-6(13)4-7(8)12/h2-5H,1H3,(H3,14,15,16,17). The minimum atomic E-state index is 0.275. The molecule has 0 bridgehead atoms. The molecule has 0 saturated carbocycles. The fourth-order valence-corrected chi connectivity index (χ4v) is 2.30. The Bertz CT molecular complexity index is 579. The molecular formula is C11H10ClIN4O. The second-order valence-corrected chi connectivity index (χ2v) is 5.04. The van der Waals surface area contributed by atoms with Gasteiger partial charge in [-0.15, -0.1) is 0 Å². The van der Waals surface area contributed by atoms with Crippen molar-refractivity contribution in [3.63, 3.8) is 0 Å². The van der Waals surface area contributed by atoms with Gasteiger partial charge in [-0.25, -0.2) is 9.97 Å². The summed E-state index contributed by atoms with van der Waals surface area (Å²) in [4.78, 5) is 7.94. The van der Waals surface area contributed by atoms with Crippen LogP contribution in [0.1, 0.15) is 0 Å². The van der Waals surface area contributed by atoms with Crippen molar-refractivity contribution in [3.05, 3.63) is 33.1 Å². The molecule has 1 heterocycles. The Morgan fingerprint density at radius 1 is 1.39 bits per heavy atom. The first kappa shape index (κ1) is 13.2. The summed E-state index contributed by atoms with van der Waals surface area (Å²) < 4.78 is 6.21. The quantitative estimate of drug-likeness (QED) is 0.806. The number of nitrogens with one attached hydrogen (secondary N) is 1. The van der Waals surface area contributed by atoms with Crippen LogP contribution in [0.5, 0.6) is 5.75 Å². The van der Waals surface area contributed by atoms with Gasteiger partial charge in [0.15, 0.2) is 11.6 Å². The van der Waals surface area contributed by atoms with E-state index in [2.05, 4.69) is 37.9 Å². The van der Waals surface area contributed by atoms with Gasteiger partial charge in [-0.3, -0.25) is 0 Å². The van der Waals surface area contributed by atoms with E-state index in [0.717, 1.165) is 9.26 Å². The lowest BCUT2D eigenvalue weighted by Crippen LogP contribution is -2.03. The lowest BCUT2D eigenvalue weighted by molar-refractivity contribution is 0.415. The van der Waals surface area contributed by atoms with Gasteiger partial charge in [0, 0.05) is 3.57 Å². The summed E-state index contributed by atoms with van der Waals surface area (Å²) in [6.07, 6.45) is 1.36. The number of aromatic nitrogens is 2. The summed E-state index contributed by atoms with van der Waals surface area (Å²) >= 11 is 8.32. The van der Waals surface area contributed by atoms with E-state index >= 15 is 0 Å². The van der Waals surface area contributed by atoms with E-state index in [-0.39, 0.29) is 5.82 Å². The van der Waals surface area contributed by atoms with Crippen LogP contribution in [0, 0.1) is 3.57 Å². The minimum absolute atomic E-state index is 0.275. The molecule has 0 amide bonds. The van der Waals surface area contributed by atoms with Crippen LogP contribution in [0.4, 0.5) is 17.3 Å². The molecule has 0 aliphatic carbocycles. The molecule has 1 aromatic carbocycles. The summed E-state index contributed by atoms with van der Waals surface area (Å²) in [5.74, 6) is 1.15. The second-order valence-electron chi connectivity index (χ2n) is 3.39. The predicted molar refractivity (Wildman–Crippen MR) is 80.4 cm³/mol. The van der Waals surface area contributed by atoms with Crippen LogP contribution in [0.25, 0.3) is 0 Å². The molecule has 2 rings (SSSR count). The summed E-state index contributed by atoms with van der Waals surface area (Å²) in [6, 6.07) is 5.65. The molecule has 0 saturated heterocycles. The van der Waals surface area contributed by atoms with Crippen LogP contribution in [0.2, 0.25) is 5.02 Å². The molecule has 0 fully saturated rings. The smallest absolute Gasteiger partial charge is 0.204 e. The van der Waals surface area contributed by atoms with Gasteiger partial charge < -0.3 is 15.8 Å². The molecule has 18 heavy (non-hydrogen) atoms. The zero-order valence-corrected chi connectivity index (χ0v) is 12.4. The summed E-state index contributed by atoms with van der Waals surface area (Å²) in [6.45, 7) is 0. The van der Waals surface area contributed by atoms with Crippen LogP contribution < -0.4 is 15.8 Å². The SMILES string of the molecule is COc1c(N)ncnc1Nc1ccc(I)cc1Cl. The summed E-state index contributed by atoms with van der Waals surface area (Å²) in [5.41, 5.74) is 6.43. The zero-order chi connectivity index (χ0) is 13.1. The van der Waals surface area contributed by atoms with Gasteiger partial charge in [0.1, 0.15) is 6.33 Å². The largest absolute Gasteiger partial charge is 0.490 e. The zero-order valence-electron chi connectivity index (χ0n) is 9.45. The number of hydrogen-bond donors (Lipinski definition) is 2. The van der Waals surface area contributed by atoms with Crippen LogP contribution in [-0.2, 0) is 0 Å². The van der Waals surface area contributed by atoms with Crippen molar-refractivity contribution in [1.29, 1.82) is 0 Å². The maximum atomic E-state index is 6.13. The molecule has 0 radical (unpaired) electrons. The van der Waals surface area contributed by atoms with Crippen molar-refractivity contribution >= 4 is 51.5 Å². The second kappa shape index (κ2) is 5.57. The van der Waals surface area contributed by atoms with Crippen molar-refractivity contribution in [2.24, 2.45) is 0 Å². The van der Waals surface area contributed by atoms with Crippen molar-refractivity contribution in [2.75, 3.05) is 18.2 Å². The first-order valence-electron chi connectivity index (χ1n) is 4.98. The highest BCUT2D eigenvalue weighted by Crippen LogP contribution is 2.32. The first-order valence-corrected chi connectivity index (χ1v) is 6.44. The Hall–Kier alpha value is -1.28. The molecule has 0 atom stereocenters. The molecule has 0 aliphatic rings. The molecule has 2 aromatic rings. The first-order chi connectivity index (χ1) is 8.61. The van der Waals surface area contributed by atoms with Gasteiger partial charge in [0.2, 0.25) is 5.75 Å². The fourth-order valence-electron chi connectivity index (χ4n) is 1.40. The lowest BCUT2D eigenvalue weighted by Gasteiger charge is -2.12. The molecule has 7 heteroatoms. The van der Waals surface area contributed by atoms with E-state index < -0.39 is 0 Å². The highest BCUT2D eigenvalue weighted by molar-refractivity contribution is 14.1. The molecule has 3 N–H and O–H groups in total. The van der Waals surface area contributed by atoms with Crippen LogP contribution in [0.15, 0.2) is 24.5 Å². The van der Waals surface area contributed by atoms with Crippen molar-refractivity contribution in [3.8, 4) is 5.75 Å². The molecule has 94 valence electrons. The number of nitrogens with two attached hydrogens (primary N) is 1. The third kappa shape index (κ3) is 2.75. The number of nitrogen functional groups attached to an aromatic ring is 1. The normalized spacial score (nSPS) is 10.2. The van der Waals surface area contributed by atoms with E-state index in [0.29, 0.717) is 16.6 Å². The molecule has 1 aromatic heterocycles. The maximum absolute atomic E-state index is 6.13. The van der Waals surface area contributed by atoms with Gasteiger partial charge in [-0.2, -0.15) is 0 Å². The third-order valence-electron chi connectivity index (χ3n) is 2.22. The maximum Gasteiger partial charge on any atom is 0.204 e. The Morgan fingerprint density at radius 2 is 2.17 bits per heavy atom. The summed E-state index contributed by atoms with van der Waals surface area (Å²) in [5, 5.41) is 3.67. The lowest BCUT2D eigenvalue weighted by atomic mass is 10.3. The predicted octanol–water partition coefficient (Wildman–Crippen LogP) is 3.07. The molecule has 0 unspecified atom stereocenters. The molecule has 5 nitrogen and oxygen atoms in total. The number of methoxy groups -OCH3 is 1. The van der Waals surface area contributed by atoms with E-state index in [4.69, 9.17) is 22.1 Å². The van der Waals surface area contributed by atoms with E-state index in [9.17, 15) is 0 Å².